The summed E-state index contributed by atoms with van der Waals surface area (Å²) < 4.78 is 6.83. The molecule has 1 aromatic heterocycles. The topological polar surface area (TPSA) is 64.3 Å². The minimum atomic E-state index is -1.03. The van der Waals surface area contributed by atoms with E-state index < -0.39 is 5.97 Å². The van der Waals surface area contributed by atoms with Crippen LogP contribution in [0.15, 0.2) is 29.2 Å². The molecule has 0 spiro atoms. The maximum Gasteiger partial charge on any atom is 0.356 e. The molecule has 0 saturated carbocycles. The Morgan fingerprint density at radius 1 is 1.42 bits per heavy atom. The Hall–Kier alpha value is -1.95. The van der Waals surface area contributed by atoms with E-state index in [9.17, 15) is 4.79 Å². The second kappa shape index (κ2) is 5.36. The normalized spacial score (nSPS) is 10.5. The molecule has 19 heavy (non-hydrogen) atoms. The Labute approximate surface area is 115 Å². The van der Waals surface area contributed by atoms with E-state index in [1.807, 2.05) is 24.5 Å². The molecule has 1 heterocycles. The van der Waals surface area contributed by atoms with E-state index in [0.29, 0.717) is 0 Å². The van der Waals surface area contributed by atoms with E-state index >= 15 is 0 Å². The average molecular weight is 278 g/mol. The van der Waals surface area contributed by atoms with Crippen LogP contribution in [-0.4, -0.2) is 34.2 Å². The summed E-state index contributed by atoms with van der Waals surface area (Å²) in [4.78, 5) is 11.9. The minimum absolute atomic E-state index is 0.0408. The highest BCUT2D eigenvalue weighted by molar-refractivity contribution is 7.98. The zero-order valence-corrected chi connectivity index (χ0v) is 11.7. The lowest BCUT2D eigenvalue weighted by molar-refractivity contribution is 0.0689. The van der Waals surface area contributed by atoms with Gasteiger partial charge in [0.2, 0.25) is 0 Å². The Kier molecular flexibility index (Phi) is 3.80. The lowest BCUT2D eigenvalue weighted by atomic mass is 10.1. The summed E-state index contributed by atoms with van der Waals surface area (Å²) in [6.07, 6.45) is 1.97. The van der Waals surface area contributed by atoms with Crippen molar-refractivity contribution >= 4 is 17.7 Å². The van der Waals surface area contributed by atoms with Gasteiger partial charge in [-0.15, -0.1) is 11.8 Å². The van der Waals surface area contributed by atoms with Gasteiger partial charge in [-0.2, -0.15) is 5.10 Å². The van der Waals surface area contributed by atoms with E-state index in [4.69, 9.17) is 9.84 Å². The van der Waals surface area contributed by atoms with Crippen molar-refractivity contribution in [1.82, 2.24) is 9.78 Å². The van der Waals surface area contributed by atoms with Crippen LogP contribution in [0.3, 0.4) is 0 Å². The Bertz CT molecular complexity index is 622. The molecule has 0 aliphatic rings. The third kappa shape index (κ3) is 2.58. The van der Waals surface area contributed by atoms with Gasteiger partial charge < -0.3 is 9.84 Å². The monoisotopic (exact) mass is 278 g/mol. The predicted molar refractivity (Wildman–Crippen MR) is 73.9 cm³/mol. The molecule has 0 amide bonds. The van der Waals surface area contributed by atoms with Crippen molar-refractivity contribution in [3.05, 3.63) is 30.0 Å². The van der Waals surface area contributed by atoms with Crippen molar-refractivity contribution in [2.24, 2.45) is 7.05 Å². The van der Waals surface area contributed by atoms with E-state index in [-0.39, 0.29) is 5.69 Å². The zero-order valence-electron chi connectivity index (χ0n) is 10.9. The Morgan fingerprint density at radius 2 is 2.16 bits per heavy atom. The molecule has 0 bridgehead atoms. The molecule has 5 nitrogen and oxygen atoms in total. The van der Waals surface area contributed by atoms with Gasteiger partial charge in [0.25, 0.3) is 0 Å². The number of methoxy groups -OCH3 is 1. The summed E-state index contributed by atoms with van der Waals surface area (Å²) >= 11 is 1.58. The van der Waals surface area contributed by atoms with Gasteiger partial charge in [-0.05, 0) is 30.5 Å². The summed E-state index contributed by atoms with van der Waals surface area (Å²) in [6.45, 7) is 0. The molecule has 6 heteroatoms. The highest BCUT2D eigenvalue weighted by atomic mass is 32.2. The standard InChI is InChI=1S/C13H14N2O3S/c1-15-10(7-9(14-15)13(16)17)8-4-5-11(18-2)12(6-8)19-3/h4-7H,1-3H3,(H,16,17). The van der Waals surface area contributed by atoms with Gasteiger partial charge in [0.1, 0.15) is 5.75 Å². The highest BCUT2D eigenvalue weighted by Crippen LogP contribution is 2.32. The number of aromatic nitrogens is 2. The smallest absolute Gasteiger partial charge is 0.356 e. The minimum Gasteiger partial charge on any atom is -0.496 e. The quantitative estimate of drug-likeness (QED) is 0.871. The van der Waals surface area contributed by atoms with Crippen LogP contribution in [0.25, 0.3) is 11.3 Å². The summed E-state index contributed by atoms with van der Waals surface area (Å²) in [7, 11) is 3.35. The molecular formula is C13H14N2O3S. The molecule has 100 valence electrons. The van der Waals surface area contributed by atoms with Crippen LogP contribution in [0, 0.1) is 0 Å². The zero-order chi connectivity index (χ0) is 14.0. The van der Waals surface area contributed by atoms with Crippen molar-refractivity contribution in [2.75, 3.05) is 13.4 Å². The SMILES string of the molecule is COc1ccc(-c2cc(C(=O)O)nn2C)cc1SC. The molecule has 0 fully saturated rings. The van der Waals surface area contributed by atoms with E-state index in [2.05, 4.69) is 5.10 Å². The molecule has 1 N–H and O–H groups in total. The molecule has 2 rings (SSSR count). The van der Waals surface area contributed by atoms with Crippen molar-refractivity contribution in [3.8, 4) is 17.0 Å². The first-order valence-electron chi connectivity index (χ1n) is 5.56. The number of thioether (sulfide) groups is 1. The molecule has 0 atom stereocenters. The van der Waals surface area contributed by atoms with Crippen LogP contribution in [-0.2, 0) is 7.05 Å². The number of rotatable bonds is 4. The predicted octanol–water partition coefficient (Wildman–Crippen LogP) is 2.52. The van der Waals surface area contributed by atoms with E-state index in [1.165, 1.54) is 0 Å². The average Bonchev–Trinajstić information content (AvgIpc) is 2.80. The number of carboxylic acids is 1. The van der Waals surface area contributed by atoms with Gasteiger partial charge in [-0.25, -0.2) is 4.79 Å². The third-order valence-corrected chi connectivity index (χ3v) is 3.54. The van der Waals surface area contributed by atoms with Crippen molar-refractivity contribution in [2.45, 2.75) is 4.90 Å². The van der Waals surface area contributed by atoms with Gasteiger partial charge in [-0.3, -0.25) is 4.68 Å². The van der Waals surface area contributed by atoms with Gasteiger partial charge >= 0.3 is 5.97 Å². The van der Waals surface area contributed by atoms with E-state index in [1.54, 1.807) is 36.7 Å². The number of aryl methyl sites for hydroxylation is 1. The first-order chi connectivity index (χ1) is 9.06. The number of ether oxygens (including phenoxy) is 1. The third-order valence-electron chi connectivity index (χ3n) is 2.78. The van der Waals surface area contributed by atoms with Crippen LogP contribution in [0.5, 0.6) is 5.75 Å². The second-order valence-corrected chi connectivity index (χ2v) is 4.76. The fourth-order valence-electron chi connectivity index (χ4n) is 1.84. The summed E-state index contributed by atoms with van der Waals surface area (Å²) in [6, 6.07) is 7.29. The fourth-order valence-corrected chi connectivity index (χ4v) is 2.43. The number of hydrogen-bond acceptors (Lipinski definition) is 4. The number of carboxylic acid groups (broad SMARTS) is 1. The molecular weight excluding hydrogens is 264 g/mol. The van der Waals surface area contributed by atoms with Crippen LogP contribution < -0.4 is 4.74 Å². The molecule has 0 saturated heterocycles. The first-order valence-corrected chi connectivity index (χ1v) is 6.79. The highest BCUT2D eigenvalue weighted by Gasteiger charge is 2.13. The maximum absolute atomic E-state index is 10.9. The van der Waals surface area contributed by atoms with Crippen LogP contribution >= 0.6 is 11.8 Å². The van der Waals surface area contributed by atoms with E-state index in [0.717, 1.165) is 21.9 Å². The van der Waals surface area contributed by atoms with Crippen molar-refractivity contribution in [1.29, 1.82) is 0 Å². The van der Waals surface area contributed by atoms with Gasteiger partial charge in [-0.1, -0.05) is 0 Å². The molecule has 0 aliphatic carbocycles. The first kappa shape index (κ1) is 13.5. The molecule has 0 radical (unpaired) electrons. The second-order valence-electron chi connectivity index (χ2n) is 3.91. The van der Waals surface area contributed by atoms with Gasteiger partial charge in [0, 0.05) is 17.5 Å². The molecule has 0 aliphatic heterocycles. The van der Waals surface area contributed by atoms with Crippen molar-refractivity contribution < 1.29 is 14.6 Å². The number of carbonyl (C=O) groups is 1. The molecule has 2 aromatic rings. The molecule has 0 unspecified atom stereocenters. The number of hydrogen-bond donors (Lipinski definition) is 1. The van der Waals surface area contributed by atoms with Crippen LogP contribution in [0.2, 0.25) is 0 Å². The lowest BCUT2D eigenvalue weighted by Gasteiger charge is -2.08. The number of aromatic carboxylic acids is 1. The largest absolute Gasteiger partial charge is 0.496 e. The number of benzene rings is 1. The van der Waals surface area contributed by atoms with Crippen LogP contribution in [0.1, 0.15) is 10.5 Å². The number of nitrogens with zero attached hydrogens (tertiary/aromatic N) is 2. The lowest BCUT2D eigenvalue weighted by Crippen LogP contribution is -1.99. The van der Waals surface area contributed by atoms with Crippen molar-refractivity contribution in [3.63, 3.8) is 0 Å². The summed E-state index contributed by atoms with van der Waals surface area (Å²) in [5.41, 5.74) is 1.71. The summed E-state index contributed by atoms with van der Waals surface area (Å²) in [5, 5.41) is 12.9. The van der Waals surface area contributed by atoms with Gasteiger partial charge in [0.15, 0.2) is 5.69 Å². The fraction of sp³-hybridized carbons (Fsp3) is 0.231. The van der Waals surface area contributed by atoms with Crippen LogP contribution in [0.4, 0.5) is 0 Å². The summed E-state index contributed by atoms with van der Waals surface area (Å²) in [5.74, 6) is -0.225. The Balaban J connectivity index is 2.50. The maximum atomic E-state index is 10.9. The Morgan fingerprint density at radius 3 is 2.68 bits per heavy atom. The van der Waals surface area contributed by atoms with Gasteiger partial charge in [0.05, 0.1) is 12.8 Å². The molecule has 1 aromatic carbocycles.